The zero-order chi connectivity index (χ0) is 22.9. The number of amides is 3. The molecule has 1 heterocycles. The third kappa shape index (κ3) is 7.22. The van der Waals surface area contributed by atoms with Gasteiger partial charge in [-0.2, -0.15) is 0 Å². The Morgan fingerprint density at radius 3 is 2.47 bits per heavy atom. The number of nitrogens with one attached hydrogen (secondary N) is 3. The maximum atomic E-state index is 12.9. The summed E-state index contributed by atoms with van der Waals surface area (Å²) in [5.41, 5.74) is 2.51. The van der Waals surface area contributed by atoms with E-state index in [0.29, 0.717) is 23.5 Å². The SMILES string of the molecule is CN(C)c1ccc(NC(=O)Nc2cccc(Br)c2)cc1C(=O)NCCCN1CCOCC1. The molecule has 0 saturated carbocycles. The number of urea groups is 1. The fourth-order valence-corrected chi connectivity index (χ4v) is 3.87. The van der Waals surface area contributed by atoms with Crippen molar-refractivity contribution in [2.45, 2.75) is 6.42 Å². The second-order valence-electron chi connectivity index (χ2n) is 7.78. The molecular weight excluding hydrogens is 474 g/mol. The summed E-state index contributed by atoms with van der Waals surface area (Å²) in [5, 5.41) is 8.59. The van der Waals surface area contributed by atoms with Crippen LogP contribution in [0.2, 0.25) is 0 Å². The summed E-state index contributed by atoms with van der Waals surface area (Å²) in [6.07, 6.45) is 0.871. The van der Waals surface area contributed by atoms with Gasteiger partial charge < -0.3 is 25.6 Å². The molecule has 32 heavy (non-hydrogen) atoms. The summed E-state index contributed by atoms with van der Waals surface area (Å²) in [5.74, 6) is -0.160. The van der Waals surface area contributed by atoms with Gasteiger partial charge in [-0.3, -0.25) is 9.69 Å². The van der Waals surface area contributed by atoms with Gasteiger partial charge in [0.25, 0.3) is 5.91 Å². The van der Waals surface area contributed by atoms with Gasteiger partial charge in [-0.25, -0.2) is 4.79 Å². The van der Waals surface area contributed by atoms with Crippen molar-refractivity contribution in [1.82, 2.24) is 10.2 Å². The second kappa shape index (κ2) is 11.8. The average molecular weight is 504 g/mol. The topological polar surface area (TPSA) is 85.9 Å². The molecular formula is C23H30BrN5O3. The van der Waals surface area contributed by atoms with Gasteiger partial charge in [0, 0.05) is 55.3 Å². The highest BCUT2D eigenvalue weighted by molar-refractivity contribution is 9.10. The van der Waals surface area contributed by atoms with Crippen LogP contribution in [0.25, 0.3) is 0 Å². The molecule has 9 heteroatoms. The molecule has 2 aromatic rings. The summed E-state index contributed by atoms with van der Waals surface area (Å²) < 4.78 is 6.24. The number of morpholine rings is 1. The number of benzene rings is 2. The van der Waals surface area contributed by atoms with E-state index < -0.39 is 0 Å². The highest BCUT2D eigenvalue weighted by Crippen LogP contribution is 2.23. The predicted octanol–water partition coefficient (Wildman–Crippen LogP) is 3.61. The molecule has 8 nitrogen and oxygen atoms in total. The zero-order valence-corrected chi connectivity index (χ0v) is 20.1. The predicted molar refractivity (Wildman–Crippen MR) is 132 cm³/mol. The average Bonchev–Trinajstić information content (AvgIpc) is 2.77. The van der Waals surface area contributed by atoms with Crippen molar-refractivity contribution >= 4 is 44.9 Å². The second-order valence-corrected chi connectivity index (χ2v) is 8.69. The molecule has 1 aliphatic rings. The van der Waals surface area contributed by atoms with Crippen molar-refractivity contribution in [3.05, 3.63) is 52.5 Å². The lowest BCUT2D eigenvalue weighted by Gasteiger charge is -2.26. The number of carbonyl (C=O) groups is 2. The van der Waals surface area contributed by atoms with Crippen molar-refractivity contribution < 1.29 is 14.3 Å². The van der Waals surface area contributed by atoms with Gasteiger partial charge >= 0.3 is 6.03 Å². The maximum Gasteiger partial charge on any atom is 0.323 e. The minimum atomic E-state index is -0.377. The van der Waals surface area contributed by atoms with Gasteiger partial charge in [0.15, 0.2) is 0 Å². The van der Waals surface area contributed by atoms with E-state index in [9.17, 15) is 9.59 Å². The van der Waals surface area contributed by atoms with Gasteiger partial charge in [-0.05, 0) is 49.4 Å². The molecule has 0 spiro atoms. The van der Waals surface area contributed by atoms with Crippen LogP contribution in [0.5, 0.6) is 0 Å². The molecule has 3 N–H and O–H groups in total. The van der Waals surface area contributed by atoms with Crippen molar-refractivity contribution in [2.75, 3.05) is 69.0 Å². The van der Waals surface area contributed by atoms with Crippen LogP contribution in [0.4, 0.5) is 21.9 Å². The van der Waals surface area contributed by atoms with Crippen LogP contribution in [0, 0.1) is 0 Å². The number of carbonyl (C=O) groups excluding carboxylic acids is 2. The quantitative estimate of drug-likeness (QED) is 0.479. The Labute approximate surface area is 197 Å². The van der Waals surface area contributed by atoms with Gasteiger partial charge in [0.2, 0.25) is 0 Å². The van der Waals surface area contributed by atoms with Crippen LogP contribution in [0.3, 0.4) is 0 Å². The normalized spacial score (nSPS) is 14.0. The standard InChI is InChI=1S/C23H30BrN5O3/c1-28(2)21-8-7-19(27-23(31)26-18-6-3-5-17(24)15-18)16-20(21)22(30)25-9-4-10-29-11-13-32-14-12-29/h3,5-8,15-16H,4,9-14H2,1-2H3,(H,25,30)(H2,26,27,31). The van der Waals surface area contributed by atoms with E-state index in [0.717, 1.165) is 49.4 Å². The Hall–Kier alpha value is -2.62. The van der Waals surface area contributed by atoms with E-state index in [1.165, 1.54) is 0 Å². The van der Waals surface area contributed by atoms with Crippen LogP contribution >= 0.6 is 15.9 Å². The molecule has 1 saturated heterocycles. The lowest BCUT2D eigenvalue weighted by molar-refractivity contribution is 0.0374. The summed E-state index contributed by atoms with van der Waals surface area (Å²) in [6, 6.07) is 12.3. The lowest BCUT2D eigenvalue weighted by atomic mass is 10.1. The summed E-state index contributed by atoms with van der Waals surface area (Å²) in [4.78, 5) is 29.5. The number of anilines is 3. The first kappa shape index (κ1) is 24.0. The smallest absolute Gasteiger partial charge is 0.323 e. The number of halogens is 1. The number of nitrogens with zero attached hydrogens (tertiary/aromatic N) is 2. The van der Waals surface area contributed by atoms with Crippen LogP contribution < -0.4 is 20.9 Å². The number of ether oxygens (including phenoxy) is 1. The molecule has 0 radical (unpaired) electrons. The van der Waals surface area contributed by atoms with Crippen molar-refractivity contribution in [1.29, 1.82) is 0 Å². The lowest BCUT2D eigenvalue weighted by Crippen LogP contribution is -2.38. The number of hydrogen-bond donors (Lipinski definition) is 3. The third-order valence-electron chi connectivity index (χ3n) is 5.10. The minimum Gasteiger partial charge on any atom is -0.379 e. The maximum absolute atomic E-state index is 12.9. The zero-order valence-electron chi connectivity index (χ0n) is 18.5. The molecule has 3 amide bonds. The van der Waals surface area contributed by atoms with Gasteiger partial charge in [0.05, 0.1) is 18.8 Å². The molecule has 3 rings (SSSR count). The van der Waals surface area contributed by atoms with Crippen LogP contribution in [-0.4, -0.2) is 70.3 Å². The number of rotatable bonds is 8. The summed E-state index contributed by atoms with van der Waals surface area (Å²) >= 11 is 3.39. The molecule has 1 fully saturated rings. The molecule has 1 aliphatic heterocycles. The number of hydrogen-bond acceptors (Lipinski definition) is 5. The summed E-state index contributed by atoms with van der Waals surface area (Å²) in [7, 11) is 3.77. The van der Waals surface area contributed by atoms with Crippen LogP contribution in [0.1, 0.15) is 16.8 Å². The highest BCUT2D eigenvalue weighted by atomic mass is 79.9. The van der Waals surface area contributed by atoms with E-state index in [1.807, 2.05) is 43.3 Å². The van der Waals surface area contributed by atoms with Crippen molar-refractivity contribution in [2.24, 2.45) is 0 Å². The van der Waals surface area contributed by atoms with E-state index in [2.05, 4.69) is 36.8 Å². The molecule has 0 unspecified atom stereocenters. The van der Waals surface area contributed by atoms with E-state index in [1.54, 1.807) is 18.2 Å². The summed E-state index contributed by atoms with van der Waals surface area (Å²) in [6.45, 7) is 4.94. The van der Waals surface area contributed by atoms with Crippen LogP contribution in [0.15, 0.2) is 46.9 Å². The minimum absolute atomic E-state index is 0.160. The molecule has 0 aliphatic carbocycles. The van der Waals surface area contributed by atoms with E-state index in [-0.39, 0.29) is 11.9 Å². The molecule has 172 valence electrons. The monoisotopic (exact) mass is 503 g/mol. The van der Waals surface area contributed by atoms with Crippen LogP contribution in [-0.2, 0) is 4.74 Å². The Morgan fingerprint density at radius 2 is 1.78 bits per heavy atom. The van der Waals surface area contributed by atoms with Gasteiger partial charge in [0.1, 0.15) is 0 Å². The molecule has 2 aromatic carbocycles. The first-order valence-electron chi connectivity index (χ1n) is 10.7. The molecule has 0 bridgehead atoms. The first-order valence-corrected chi connectivity index (χ1v) is 11.4. The van der Waals surface area contributed by atoms with E-state index in [4.69, 9.17) is 4.74 Å². The first-order chi connectivity index (χ1) is 15.4. The fourth-order valence-electron chi connectivity index (χ4n) is 3.47. The fraction of sp³-hybridized carbons (Fsp3) is 0.391. The Bertz CT molecular complexity index is 932. The third-order valence-corrected chi connectivity index (χ3v) is 5.60. The van der Waals surface area contributed by atoms with Gasteiger partial charge in [-0.15, -0.1) is 0 Å². The largest absolute Gasteiger partial charge is 0.379 e. The van der Waals surface area contributed by atoms with Crippen molar-refractivity contribution in [3.8, 4) is 0 Å². The Kier molecular flexibility index (Phi) is 8.90. The van der Waals surface area contributed by atoms with E-state index >= 15 is 0 Å². The molecule has 0 aromatic heterocycles. The molecule has 0 atom stereocenters. The Balaban J connectivity index is 1.59. The van der Waals surface area contributed by atoms with Crippen molar-refractivity contribution in [3.63, 3.8) is 0 Å². The van der Waals surface area contributed by atoms with Gasteiger partial charge in [-0.1, -0.05) is 22.0 Å². The Morgan fingerprint density at radius 1 is 1.06 bits per heavy atom. The highest BCUT2D eigenvalue weighted by Gasteiger charge is 2.15.